The lowest BCUT2D eigenvalue weighted by Gasteiger charge is -2.38. The Morgan fingerprint density at radius 2 is 2.25 bits per heavy atom. The van der Waals surface area contributed by atoms with Crippen LogP contribution in [0.15, 0.2) is 11.2 Å². The van der Waals surface area contributed by atoms with Gasteiger partial charge in [0.25, 0.3) is 0 Å². The zero-order valence-electron chi connectivity index (χ0n) is 9.59. The third-order valence-electron chi connectivity index (χ3n) is 3.11. The van der Waals surface area contributed by atoms with Crippen LogP contribution in [0.1, 0.15) is 26.2 Å². The van der Waals surface area contributed by atoms with Crippen molar-refractivity contribution in [3.63, 3.8) is 0 Å². The summed E-state index contributed by atoms with van der Waals surface area (Å²) in [6.07, 6.45) is 5.89. The first-order chi connectivity index (χ1) is 7.61. The van der Waals surface area contributed by atoms with E-state index < -0.39 is 0 Å². The van der Waals surface area contributed by atoms with Crippen molar-refractivity contribution in [1.82, 2.24) is 9.97 Å². The average Bonchev–Trinajstić information content (AvgIpc) is 2.23. The first kappa shape index (κ1) is 12.0. The van der Waals surface area contributed by atoms with Gasteiger partial charge < -0.3 is 5.32 Å². The third-order valence-corrected chi connectivity index (χ3v) is 3.86. The van der Waals surface area contributed by atoms with Crippen molar-refractivity contribution in [1.29, 1.82) is 0 Å². The Balaban J connectivity index is 2.00. The van der Waals surface area contributed by atoms with E-state index in [1.165, 1.54) is 31.0 Å². The SMILES string of the molecule is CSc1nc(Cl)cc(NCC2(C)CCC2)n1. The molecule has 1 aliphatic rings. The Hall–Kier alpha value is -0.480. The van der Waals surface area contributed by atoms with Gasteiger partial charge in [0, 0.05) is 12.6 Å². The second-order valence-electron chi connectivity index (χ2n) is 4.58. The maximum atomic E-state index is 5.92. The van der Waals surface area contributed by atoms with E-state index >= 15 is 0 Å². The van der Waals surface area contributed by atoms with E-state index in [0.717, 1.165) is 12.4 Å². The lowest BCUT2D eigenvalue weighted by Crippen LogP contribution is -2.33. The highest BCUT2D eigenvalue weighted by molar-refractivity contribution is 7.98. The standard InChI is InChI=1S/C11H16ClN3S/c1-11(4-3-5-11)7-13-9-6-8(12)14-10(15-9)16-2/h6H,3-5,7H2,1-2H3,(H,13,14,15). The highest BCUT2D eigenvalue weighted by atomic mass is 35.5. The molecule has 1 aromatic rings. The van der Waals surface area contributed by atoms with Gasteiger partial charge in [0.1, 0.15) is 11.0 Å². The van der Waals surface area contributed by atoms with E-state index in [0.29, 0.717) is 15.7 Å². The van der Waals surface area contributed by atoms with Crippen molar-refractivity contribution in [3.05, 3.63) is 11.2 Å². The van der Waals surface area contributed by atoms with Gasteiger partial charge in [0.05, 0.1) is 0 Å². The molecule has 0 aliphatic heterocycles. The van der Waals surface area contributed by atoms with Crippen molar-refractivity contribution < 1.29 is 0 Å². The molecule has 1 aliphatic carbocycles. The predicted molar refractivity (Wildman–Crippen MR) is 69.3 cm³/mol. The molecule has 0 radical (unpaired) electrons. The number of anilines is 1. The molecule has 0 aromatic carbocycles. The number of thioether (sulfide) groups is 1. The molecule has 16 heavy (non-hydrogen) atoms. The fraction of sp³-hybridized carbons (Fsp3) is 0.636. The summed E-state index contributed by atoms with van der Waals surface area (Å²) in [6, 6.07) is 1.78. The van der Waals surface area contributed by atoms with Crippen LogP contribution in [0.4, 0.5) is 5.82 Å². The Morgan fingerprint density at radius 3 is 2.81 bits per heavy atom. The molecule has 0 spiro atoms. The van der Waals surface area contributed by atoms with Crippen molar-refractivity contribution in [2.45, 2.75) is 31.3 Å². The number of nitrogens with one attached hydrogen (secondary N) is 1. The van der Waals surface area contributed by atoms with Crippen LogP contribution < -0.4 is 5.32 Å². The van der Waals surface area contributed by atoms with Crippen LogP contribution in [0.5, 0.6) is 0 Å². The highest BCUT2D eigenvalue weighted by Gasteiger charge is 2.31. The van der Waals surface area contributed by atoms with Gasteiger partial charge in [0.15, 0.2) is 5.16 Å². The van der Waals surface area contributed by atoms with Crippen LogP contribution in [0.2, 0.25) is 5.15 Å². The molecule has 1 saturated carbocycles. The summed E-state index contributed by atoms with van der Waals surface area (Å²) in [6.45, 7) is 3.27. The number of aromatic nitrogens is 2. The number of hydrogen-bond donors (Lipinski definition) is 1. The maximum absolute atomic E-state index is 5.92. The summed E-state index contributed by atoms with van der Waals surface area (Å²) in [4.78, 5) is 8.48. The molecule has 1 N–H and O–H groups in total. The van der Waals surface area contributed by atoms with Crippen molar-refractivity contribution in [2.24, 2.45) is 5.41 Å². The molecule has 88 valence electrons. The van der Waals surface area contributed by atoms with E-state index in [4.69, 9.17) is 11.6 Å². The molecule has 5 heteroatoms. The van der Waals surface area contributed by atoms with Gasteiger partial charge in [-0.05, 0) is 24.5 Å². The van der Waals surface area contributed by atoms with Crippen molar-refractivity contribution >= 4 is 29.2 Å². The van der Waals surface area contributed by atoms with E-state index in [-0.39, 0.29) is 0 Å². The summed E-state index contributed by atoms with van der Waals surface area (Å²) >= 11 is 7.43. The molecule has 0 amide bonds. The number of halogens is 1. The molecule has 1 fully saturated rings. The van der Waals surface area contributed by atoms with Gasteiger partial charge in [-0.2, -0.15) is 0 Å². The van der Waals surface area contributed by atoms with Crippen LogP contribution in [-0.4, -0.2) is 22.8 Å². The molecular formula is C11H16ClN3S. The Morgan fingerprint density at radius 1 is 1.50 bits per heavy atom. The third kappa shape index (κ3) is 2.80. The quantitative estimate of drug-likeness (QED) is 0.509. The Kier molecular flexibility index (Phi) is 3.60. The Bertz CT molecular complexity index is 379. The van der Waals surface area contributed by atoms with Crippen LogP contribution in [0.25, 0.3) is 0 Å². The summed E-state index contributed by atoms with van der Waals surface area (Å²) in [5.74, 6) is 0.831. The van der Waals surface area contributed by atoms with E-state index in [1.54, 1.807) is 6.07 Å². The maximum Gasteiger partial charge on any atom is 0.190 e. The van der Waals surface area contributed by atoms with E-state index in [2.05, 4.69) is 22.2 Å². The minimum Gasteiger partial charge on any atom is -0.369 e. The average molecular weight is 258 g/mol. The normalized spacial score (nSPS) is 17.9. The highest BCUT2D eigenvalue weighted by Crippen LogP contribution is 2.40. The first-order valence-corrected chi connectivity index (χ1v) is 7.04. The molecule has 0 unspecified atom stereocenters. The van der Waals surface area contributed by atoms with Gasteiger partial charge >= 0.3 is 0 Å². The van der Waals surface area contributed by atoms with Gasteiger partial charge in [-0.1, -0.05) is 36.7 Å². The summed E-state index contributed by atoms with van der Waals surface area (Å²) in [5.41, 5.74) is 0.441. The zero-order chi connectivity index (χ0) is 11.6. The summed E-state index contributed by atoms with van der Waals surface area (Å²) in [7, 11) is 0. The Labute approximate surface area is 105 Å². The fourth-order valence-electron chi connectivity index (χ4n) is 1.84. The second kappa shape index (κ2) is 4.80. The molecule has 2 rings (SSSR count). The summed E-state index contributed by atoms with van der Waals surface area (Å²) in [5, 5.41) is 4.57. The molecule has 1 heterocycles. The molecular weight excluding hydrogens is 242 g/mol. The first-order valence-electron chi connectivity index (χ1n) is 5.44. The lowest BCUT2D eigenvalue weighted by atomic mass is 9.70. The summed E-state index contributed by atoms with van der Waals surface area (Å²) < 4.78 is 0. The van der Waals surface area contributed by atoms with Gasteiger partial charge in [0.2, 0.25) is 0 Å². The van der Waals surface area contributed by atoms with Gasteiger partial charge in [-0.3, -0.25) is 0 Å². The van der Waals surface area contributed by atoms with Gasteiger partial charge in [-0.15, -0.1) is 0 Å². The smallest absolute Gasteiger partial charge is 0.190 e. The molecule has 0 bridgehead atoms. The van der Waals surface area contributed by atoms with Crippen molar-refractivity contribution in [2.75, 3.05) is 18.1 Å². The number of rotatable bonds is 4. The van der Waals surface area contributed by atoms with Crippen LogP contribution in [0.3, 0.4) is 0 Å². The topological polar surface area (TPSA) is 37.8 Å². The number of nitrogens with zero attached hydrogens (tertiary/aromatic N) is 2. The van der Waals surface area contributed by atoms with E-state index in [9.17, 15) is 0 Å². The van der Waals surface area contributed by atoms with Crippen LogP contribution >= 0.6 is 23.4 Å². The van der Waals surface area contributed by atoms with Crippen LogP contribution in [-0.2, 0) is 0 Å². The minimum absolute atomic E-state index is 0.441. The number of hydrogen-bond acceptors (Lipinski definition) is 4. The second-order valence-corrected chi connectivity index (χ2v) is 5.74. The predicted octanol–water partition coefficient (Wildman–Crippen LogP) is 3.45. The van der Waals surface area contributed by atoms with Crippen molar-refractivity contribution in [3.8, 4) is 0 Å². The monoisotopic (exact) mass is 257 g/mol. The van der Waals surface area contributed by atoms with E-state index in [1.807, 2.05) is 6.26 Å². The fourth-order valence-corrected chi connectivity index (χ4v) is 2.45. The van der Waals surface area contributed by atoms with Crippen LogP contribution in [0, 0.1) is 5.41 Å². The molecule has 0 atom stereocenters. The van der Waals surface area contributed by atoms with Gasteiger partial charge in [-0.25, -0.2) is 9.97 Å². The zero-order valence-corrected chi connectivity index (χ0v) is 11.2. The molecule has 1 aromatic heterocycles. The lowest BCUT2D eigenvalue weighted by molar-refractivity contribution is 0.180. The minimum atomic E-state index is 0.441. The molecule has 3 nitrogen and oxygen atoms in total. The molecule has 0 saturated heterocycles. The largest absolute Gasteiger partial charge is 0.369 e.